The molecule has 2 aliphatic carbocycles. The summed E-state index contributed by atoms with van der Waals surface area (Å²) >= 11 is 3.43. The van der Waals surface area contributed by atoms with Crippen LogP contribution in [0.15, 0.2) is 29.0 Å². The van der Waals surface area contributed by atoms with Crippen LogP contribution >= 0.6 is 15.9 Å². The molecule has 17 heavy (non-hydrogen) atoms. The maximum atomic E-state index is 4.31. The Labute approximate surface area is 111 Å². The van der Waals surface area contributed by atoms with E-state index in [2.05, 4.69) is 51.4 Å². The van der Waals surface area contributed by atoms with Crippen molar-refractivity contribution in [2.75, 3.05) is 11.9 Å². The molecule has 2 bridgehead atoms. The van der Waals surface area contributed by atoms with E-state index < -0.39 is 0 Å². The number of aryl methyl sites for hydroxylation is 1. The lowest BCUT2D eigenvalue weighted by Crippen LogP contribution is -2.18. The molecular weight excluding hydrogens is 276 g/mol. The highest BCUT2D eigenvalue weighted by Gasteiger charge is 2.35. The first-order chi connectivity index (χ1) is 8.22. The smallest absolute Gasteiger partial charge is 0.109 e. The number of rotatable bonds is 3. The summed E-state index contributed by atoms with van der Waals surface area (Å²) in [7, 11) is 0. The van der Waals surface area contributed by atoms with Gasteiger partial charge >= 0.3 is 0 Å². The Balaban J connectivity index is 1.61. The predicted octanol–water partition coefficient (Wildman–Crippen LogP) is 3.78. The van der Waals surface area contributed by atoms with Crippen LogP contribution in [0.5, 0.6) is 0 Å². The van der Waals surface area contributed by atoms with Crippen LogP contribution < -0.4 is 5.32 Å². The molecule has 3 unspecified atom stereocenters. The first-order valence-electron chi connectivity index (χ1n) is 6.26. The quantitative estimate of drug-likeness (QED) is 0.677. The van der Waals surface area contributed by atoms with E-state index in [-0.39, 0.29) is 0 Å². The van der Waals surface area contributed by atoms with Gasteiger partial charge in [0.2, 0.25) is 0 Å². The molecule has 3 atom stereocenters. The first kappa shape index (κ1) is 11.3. The van der Waals surface area contributed by atoms with Crippen LogP contribution in [0.4, 0.5) is 5.69 Å². The number of hydrogen-bond donors (Lipinski definition) is 1. The van der Waals surface area contributed by atoms with Crippen molar-refractivity contribution in [3.05, 3.63) is 34.6 Å². The molecule has 2 nitrogen and oxygen atoms in total. The second kappa shape index (κ2) is 4.45. The average molecular weight is 293 g/mol. The Kier molecular flexibility index (Phi) is 2.95. The zero-order valence-electron chi connectivity index (χ0n) is 9.99. The van der Waals surface area contributed by atoms with Crippen LogP contribution in [0.1, 0.15) is 18.4 Å². The van der Waals surface area contributed by atoms with Gasteiger partial charge in [0.1, 0.15) is 4.60 Å². The Morgan fingerprint density at radius 2 is 2.29 bits per heavy atom. The number of nitrogens with one attached hydrogen (secondary N) is 1. The van der Waals surface area contributed by atoms with Crippen LogP contribution in [0.3, 0.4) is 0 Å². The summed E-state index contributed by atoms with van der Waals surface area (Å²) < 4.78 is 0.936. The molecule has 0 radical (unpaired) electrons. The number of halogens is 1. The monoisotopic (exact) mass is 292 g/mol. The van der Waals surface area contributed by atoms with Gasteiger partial charge in [-0.1, -0.05) is 12.2 Å². The van der Waals surface area contributed by atoms with Crippen molar-refractivity contribution in [3.63, 3.8) is 0 Å². The highest BCUT2D eigenvalue weighted by molar-refractivity contribution is 9.10. The third-order valence-corrected chi connectivity index (χ3v) is 4.83. The fourth-order valence-electron chi connectivity index (χ4n) is 3.03. The van der Waals surface area contributed by atoms with E-state index in [9.17, 15) is 0 Å². The van der Waals surface area contributed by atoms with Gasteiger partial charge in [0.15, 0.2) is 0 Å². The van der Waals surface area contributed by atoms with Crippen molar-refractivity contribution in [3.8, 4) is 0 Å². The minimum Gasteiger partial charge on any atom is -0.383 e. The van der Waals surface area contributed by atoms with Crippen LogP contribution in [-0.4, -0.2) is 11.5 Å². The van der Waals surface area contributed by atoms with E-state index in [0.29, 0.717) is 0 Å². The number of anilines is 1. The first-order valence-corrected chi connectivity index (χ1v) is 7.06. The fourth-order valence-corrected chi connectivity index (χ4v) is 3.25. The molecule has 3 rings (SSSR count). The lowest BCUT2D eigenvalue weighted by Gasteiger charge is -2.19. The number of fused-ring (bicyclic) bond motifs is 2. The minimum absolute atomic E-state index is 0.814. The van der Waals surface area contributed by atoms with E-state index in [1.54, 1.807) is 0 Å². The number of nitrogens with zero attached hydrogens (tertiary/aromatic N) is 1. The van der Waals surface area contributed by atoms with Crippen molar-refractivity contribution >= 4 is 21.6 Å². The number of hydrogen-bond acceptors (Lipinski definition) is 2. The summed E-state index contributed by atoms with van der Waals surface area (Å²) in [4.78, 5) is 4.31. The molecule has 1 saturated carbocycles. The molecule has 1 heterocycles. The van der Waals surface area contributed by atoms with Crippen molar-refractivity contribution in [1.82, 2.24) is 4.98 Å². The fraction of sp³-hybridized carbons (Fsp3) is 0.500. The average Bonchev–Trinajstić information content (AvgIpc) is 2.92. The third kappa shape index (κ3) is 2.25. The standard InChI is InChI=1S/C14H17BrN2/c1-9-4-13(8-17-14(9)15)16-7-12-6-10-2-3-11(12)5-10/h2-4,8,10-12,16H,5-7H2,1H3. The van der Waals surface area contributed by atoms with Crippen molar-refractivity contribution in [1.29, 1.82) is 0 Å². The van der Waals surface area contributed by atoms with Gasteiger partial charge in [-0.25, -0.2) is 4.98 Å². The van der Waals surface area contributed by atoms with Gasteiger partial charge in [-0.2, -0.15) is 0 Å². The van der Waals surface area contributed by atoms with Crippen LogP contribution in [0.2, 0.25) is 0 Å². The van der Waals surface area contributed by atoms with E-state index in [0.717, 1.165) is 34.6 Å². The van der Waals surface area contributed by atoms with E-state index >= 15 is 0 Å². The summed E-state index contributed by atoms with van der Waals surface area (Å²) in [5.41, 5.74) is 2.32. The normalized spacial score (nSPS) is 29.9. The molecule has 1 N–H and O–H groups in total. The SMILES string of the molecule is Cc1cc(NCC2CC3C=CC2C3)cnc1Br. The van der Waals surface area contributed by atoms with Gasteiger partial charge in [0.05, 0.1) is 11.9 Å². The van der Waals surface area contributed by atoms with E-state index in [1.165, 1.54) is 18.4 Å². The lowest BCUT2D eigenvalue weighted by molar-refractivity contribution is 0.472. The molecule has 2 aliphatic rings. The lowest BCUT2D eigenvalue weighted by atomic mass is 9.93. The van der Waals surface area contributed by atoms with Crippen LogP contribution in [-0.2, 0) is 0 Å². The topological polar surface area (TPSA) is 24.9 Å². The minimum atomic E-state index is 0.814. The second-order valence-corrected chi connectivity index (χ2v) is 6.00. The largest absolute Gasteiger partial charge is 0.383 e. The van der Waals surface area contributed by atoms with E-state index in [1.807, 2.05) is 6.20 Å². The van der Waals surface area contributed by atoms with E-state index in [4.69, 9.17) is 0 Å². The summed E-state index contributed by atoms with van der Waals surface area (Å²) in [6.07, 6.45) is 9.44. The van der Waals surface area contributed by atoms with Crippen molar-refractivity contribution < 1.29 is 0 Å². The molecule has 3 heteroatoms. The molecule has 1 aromatic heterocycles. The highest BCUT2D eigenvalue weighted by Crippen LogP contribution is 2.43. The molecule has 0 aliphatic heterocycles. The van der Waals surface area contributed by atoms with Gasteiger partial charge in [0.25, 0.3) is 0 Å². The Bertz CT molecular complexity index is 456. The molecule has 0 spiro atoms. The Morgan fingerprint density at radius 3 is 2.94 bits per heavy atom. The second-order valence-electron chi connectivity index (χ2n) is 5.25. The summed E-state index contributed by atoms with van der Waals surface area (Å²) in [6.45, 7) is 3.15. The summed E-state index contributed by atoms with van der Waals surface area (Å²) in [6, 6.07) is 2.15. The molecule has 1 fully saturated rings. The zero-order chi connectivity index (χ0) is 11.8. The maximum absolute atomic E-state index is 4.31. The predicted molar refractivity (Wildman–Crippen MR) is 74.0 cm³/mol. The zero-order valence-corrected chi connectivity index (χ0v) is 11.6. The molecule has 0 amide bonds. The van der Waals surface area contributed by atoms with Crippen LogP contribution in [0, 0.1) is 24.7 Å². The summed E-state index contributed by atoms with van der Waals surface area (Å²) in [5.74, 6) is 2.49. The Hall–Kier alpha value is -0.830. The molecule has 0 aromatic carbocycles. The van der Waals surface area contributed by atoms with Gasteiger partial charge in [-0.3, -0.25) is 0 Å². The van der Waals surface area contributed by atoms with Crippen molar-refractivity contribution in [2.45, 2.75) is 19.8 Å². The Morgan fingerprint density at radius 1 is 1.41 bits per heavy atom. The van der Waals surface area contributed by atoms with Gasteiger partial charge in [-0.05, 0) is 65.1 Å². The number of pyridine rings is 1. The molecular formula is C14H17BrN2. The number of allylic oxidation sites excluding steroid dienone is 2. The number of aromatic nitrogens is 1. The molecule has 0 saturated heterocycles. The third-order valence-electron chi connectivity index (χ3n) is 4.00. The van der Waals surface area contributed by atoms with Gasteiger partial charge < -0.3 is 5.32 Å². The molecule has 1 aromatic rings. The highest BCUT2D eigenvalue weighted by atomic mass is 79.9. The van der Waals surface area contributed by atoms with Gasteiger partial charge in [0, 0.05) is 6.54 Å². The molecule has 90 valence electrons. The van der Waals surface area contributed by atoms with Crippen molar-refractivity contribution in [2.24, 2.45) is 17.8 Å². The maximum Gasteiger partial charge on any atom is 0.109 e. The van der Waals surface area contributed by atoms with Crippen LogP contribution in [0.25, 0.3) is 0 Å². The summed E-state index contributed by atoms with van der Waals surface area (Å²) in [5, 5.41) is 3.52. The van der Waals surface area contributed by atoms with Gasteiger partial charge in [-0.15, -0.1) is 0 Å².